The molecule has 4 heteroatoms. The third-order valence-corrected chi connectivity index (χ3v) is 5.22. The first-order chi connectivity index (χ1) is 9.35. The van der Waals surface area contributed by atoms with Gasteiger partial charge >= 0.3 is 0 Å². The maximum atomic E-state index is 12.8. The molecule has 3 nitrogen and oxygen atoms in total. The van der Waals surface area contributed by atoms with Crippen LogP contribution in [0.3, 0.4) is 0 Å². The van der Waals surface area contributed by atoms with Gasteiger partial charge in [0.15, 0.2) is 0 Å². The Hall–Kier alpha value is -0.220. The maximum Gasteiger partial charge on any atom is 0.244 e. The highest BCUT2D eigenvalue weighted by atomic mass is 32.2. The predicted octanol–water partition coefficient (Wildman–Crippen LogP) is 3.49. The molecular formula is C16H32N2OS. The summed E-state index contributed by atoms with van der Waals surface area (Å²) in [6.45, 7) is 13.0. The Morgan fingerprint density at radius 1 is 1.35 bits per heavy atom. The van der Waals surface area contributed by atoms with Gasteiger partial charge in [-0.3, -0.25) is 10.1 Å². The van der Waals surface area contributed by atoms with Crippen molar-refractivity contribution in [1.82, 2.24) is 10.2 Å². The molecular weight excluding hydrogens is 268 g/mol. The number of thioether (sulfide) groups is 1. The lowest BCUT2D eigenvalue weighted by Crippen LogP contribution is -2.44. The van der Waals surface area contributed by atoms with Crippen LogP contribution in [0.2, 0.25) is 0 Å². The van der Waals surface area contributed by atoms with Crippen molar-refractivity contribution < 1.29 is 4.79 Å². The highest BCUT2D eigenvalue weighted by Gasteiger charge is 2.47. The zero-order valence-corrected chi connectivity index (χ0v) is 14.8. The molecule has 0 radical (unpaired) electrons. The molecule has 1 fully saturated rings. The van der Waals surface area contributed by atoms with Gasteiger partial charge in [0.2, 0.25) is 5.91 Å². The Morgan fingerprint density at radius 3 is 2.50 bits per heavy atom. The fourth-order valence-electron chi connectivity index (χ4n) is 2.84. The lowest BCUT2D eigenvalue weighted by molar-refractivity contribution is -0.135. The molecule has 0 aromatic heterocycles. The number of amides is 1. The van der Waals surface area contributed by atoms with Gasteiger partial charge in [-0.15, -0.1) is 0 Å². The van der Waals surface area contributed by atoms with Crippen molar-refractivity contribution in [3.8, 4) is 0 Å². The van der Waals surface area contributed by atoms with Crippen molar-refractivity contribution in [2.45, 2.75) is 78.6 Å². The average Bonchev–Trinajstić information content (AvgIpc) is 2.61. The van der Waals surface area contributed by atoms with Crippen molar-refractivity contribution >= 4 is 17.7 Å². The van der Waals surface area contributed by atoms with Crippen LogP contribution in [0.15, 0.2) is 0 Å². The molecule has 0 saturated carbocycles. The van der Waals surface area contributed by atoms with Crippen LogP contribution in [0, 0.1) is 5.92 Å². The van der Waals surface area contributed by atoms with Crippen LogP contribution >= 0.6 is 11.8 Å². The lowest BCUT2D eigenvalue weighted by atomic mass is 9.99. The van der Waals surface area contributed by atoms with Crippen molar-refractivity contribution in [3.05, 3.63) is 0 Å². The quantitative estimate of drug-likeness (QED) is 0.696. The molecule has 1 heterocycles. The van der Waals surface area contributed by atoms with Gasteiger partial charge < -0.3 is 4.90 Å². The van der Waals surface area contributed by atoms with Crippen LogP contribution in [0.5, 0.6) is 0 Å². The molecule has 0 aliphatic carbocycles. The molecule has 0 aromatic carbocycles. The highest BCUT2D eigenvalue weighted by Crippen LogP contribution is 2.29. The Kier molecular flexibility index (Phi) is 6.86. The summed E-state index contributed by atoms with van der Waals surface area (Å²) in [6.07, 6.45) is 3.18. The van der Waals surface area contributed by atoms with Gasteiger partial charge in [-0.25, -0.2) is 0 Å². The van der Waals surface area contributed by atoms with Gasteiger partial charge in [0.1, 0.15) is 0 Å². The number of nitrogens with zero attached hydrogens (tertiary/aromatic N) is 1. The summed E-state index contributed by atoms with van der Waals surface area (Å²) in [4.78, 5) is 14.9. The summed E-state index contributed by atoms with van der Waals surface area (Å²) < 4.78 is 0. The van der Waals surface area contributed by atoms with Gasteiger partial charge in [-0.05, 0) is 50.5 Å². The monoisotopic (exact) mass is 300 g/mol. The largest absolute Gasteiger partial charge is 0.323 e. The van der Waals surface area contributed by atoms with E-state index < -0.39 is 0 Å². The van der Waals surface area contributed by atoms with Crippen LogP contribution in [0.4, 0.5) is 0 Å². The highest BCUT2D eigenvalue weighted by molar-refractivity contribution is 7.99. The van der Waals surface area contributed by atoms with E-state index >= 15 is 0 Å². The summed E-state index contributed by atoms with van der Waals surface area (Å²) in [5.74, 6) is 3.18. The number of nitrogens with one attached hydrogen (secondary N) is 1. The molecule has 0 aromatic rings. The molecule has 1 aliphatic rings. The molecule has 0 spiro atoms. The van der Waals surface area contributed by atoms with E-state index in [0.29, 0.717) is 17.9 Å². The summed E-state index contributed by atoms with van der Waals surface area (Å²) in [6, 6.07) is 0.325. The predicted molar refractivity (Wildman–Crippen MR) is 89.0 cm³/mol. The average molecular weight is 301 g/mol. The van der Waals surface area contributed by atoms with E-state index in [4.69, 9.17) is 0 Å². The molecule has 1 N–H and O–H groups in total. The fraction of sp³-hybridized carbons (Fsp3) is 0.938. The molecule has 1 saturated heterocycles. The smallest absolute Gasteiger partial charge is 0.244 e. The van der Waals surface area contributed by atoms with Crippen molar-refractivity contribution in [2.75, 3.05) is 11.5 Å². The minimum atomic E-state index is -0.369. The second kappa shape index (κ2) is 7.69. The van der Waals surface area contributed by atoms with E-state index in [1.165, 1.54) is 0 Å². The first-order valence-electron chi connectivity index (χ1n) is 8.03. The zero-order chi connectivity index (χ0) is 15.3. The minimum Gasteiger partial charge on any atom is -0.323 e. The Balaban J connectivity index is 2.78. The summed E-state index contributed by atoms with van der Waals surface area (Å²) in [5, 5.41) is 3.59. The molecule has 3 unspecified atom stereocenters. The summed E-state index contributed by atoms with van der Waals surface area (Å²) >= 11 is 1.96. The molecule has 20 heavy (non-hydrogen) atoms. The zero-order valence-electron chi connectivity index (χ0n) is 14.0. The molecule has 118 valence electrons. The first kappa shape index (κ1) is 17.8. The Labute approximate surface area is 129 Å². The second-order valence-electron chi connectivity index (χ2n) is 6.52. The number of hydrogen-bond acceptors (Lipinski definition) is 3. The van der Waals surface area contributed by atoms with Gasteiger partial charge in [0.05, 0.1) is 11.7 Å². The van der Waals surface area contributed by atoms with E-state index in [1.807, 2.05) is 11.8 Å². The third kappa shape index (κ3) is 4.14. The van der Waals surface area contributed by atoms with Crippen molar-refractivity contribution in [2.24, 2.45) is 5.92 Å². The van der Waals surface area contributed by atoms with Crippen LogP contribution < -0.4 is 5.32 Å². The number of hydrogen-bond donors (Lipinski definition) is 1. The van der Waals surface area contributed by atoms with Crippen molar-refractivity contribution in [3.63, 3.8) is 0 Å². The Bertz CT molecular complexity index is 322. The van der Waals surface area contributed by atoms with E-state index in [1.54, 1.807) is 0 Å². The normalized spacial score (nSPS) is 28.4. The van der Waals surface area contributed by atoms with Crippen LogP contribution in [0.1, 0.15) is 60.8 Å². The molecule has 1 aliphatic heterocycles. The molecule has 0 bridgehead atoms. The molecule has 1 rings (SSSR count). The topological polar surface area (TPSA) is 32.3 Å². The summed E-state index contributed by atoms with van der Waals surface area (Å²) in [7, 11) is 0. The first-order valence-corrected chi connectivity index (χ1v) is 9.19. The van der Waals surface area contributed by atoms with Crippen LogP contribution in [-0.2, 0) is 4.79 Å². The standard InChI is InChI=1S/C16H32N2OS/c1-7-16(6)15(19)18(13(5)9-10-20-8-2)14(17-16)11-12(3)4/h12-14,17H,7-11H2,1-6H3. The van der Waals surface area contributed by atoms with E-state index in [9.17, 15) is 4.79 Å². The minimum absolute atomic E-state index is 0.203. The number of carbonyl (C=O) groups is 1. The van der Waals surface area contributed by atoms with E-state index in [2.05, 4.69) is 51.8 Å². The van der Waals surface area contributed by atoms with Gasteiger partial charge in [-0.1, -0.05) is 27.7 Å². The lowest BCUT2D eigenvalue weighted by Gasteiger charge is -2.31. The van der Waals surface area contributed by atoms with Crippen molar-refractivity contribution in [1.29, 1.82) is 0 Å². The third-order valence-electron chi connectivity index (χ3n) is 4.29. The molecule has 1 amide bonds. The van der Waals surface area contributed by atoms with Gasteiger partial charge in [0, 0.05) is 6.04 Å². The van der Waals surface area contributed by atoms with Gasteiger partial charge in [-0.2, -0.15) is 11.8 Å². The summed E-state index contributed by atoms with van der Waals surface area (Å²) in [5.41, 5.74) is -0.369. The second-order valence-corrected chi connectivity index (χ2v) is 7.92. The van der Waals surface area contributed by atoms with Crippen LogP contribution in [-0.4, -0.2) is 40.1 Å². The van der Waals surface area contributed by atoms with E-state index in [-0.39, 0.29) is 11.7 Å². The molecule has 3 atom stereocenters. The van der Waals surface area contributed by atoms with E-state index in [0.717, 1.165) is 30.8 Å². The fourth-order valence-corrected chi connectivity index (χ4v) is 3.64. The Morgan fingerprint density at radius 2 is 2.00 bits per heavy atom. The maximum absolute atomic E-state index is 12.8. The van der Waals surface area contributed by atoms with Gasteiger partial charge in [0.25, 0.3) is 0 Å². The number of rotatable bonds is 8. The SMILES string of the molecule is CCSCCC(C)N1C(=O)C(C)(CC)NC1CC(C)C. The van der Waals surface area contributed by atoms with Crippen LogP contribution in [0.25, 0.3) is 0 Å². The number of carbonyl (C=O) groups excluding carboxylic acids is 1.